The summed E-state index contributed by atoms with van der Waals surface area (Å²) in [6.07, 6.45) is 13.0. The lowest BCUT2D eigenvalue weighted by atomic mass is 10.1. The van der Waals surface area contributed by atoms with Crippen molar-refractivity contribution in [3.8, 4) is 0 Å². The molecule has 0 aliphatic heterocycles. The van der Waals surface area contributed by atoms with Crippen LogP contribution >= 0.6 is 0 Å². The molecule has 0 saturated heterocycles. The van der Waals surface area contributed by atoms with Crippen LogP contribution in [-0.2, 0) is 0 Å². The Labute approximate surface area is 89.2 Å². The van der Waals surface area contributed by atoms with Crippen molar-refractivity contribution >= 4 is 0 Å². The van der Waals surface area contributed by atoms with E-state index >= 15 is 0 Å². The van der Waals surface area contributed by atoms with Crippen LogP contribution in [0.25, 0.3) is 0 Å². The fourth-order valence-electron chi connectivity index (χ4n) is 1.39. The molecule has 0 spiro atoms. The van der Waals surface area contributed by atoms with Crippen molar-refractivity contribution in [2.45, 2.75) is 58.8 Å². The van der Waals surface area contributed by atoms with Gasteiger partial charge in [0.2, 0.25) is 0 Å². The zero-order valence-electron chi connectivity index (χ0n) is 9.84. The zero-order valence-corrected chi connectivity index (χ0v) is 9.84. The highest BCUT2D eigenvalue weighted by molar-refractivity contribution is 4.81. The second-order valence-electron chi connectivity index (χ2n) is 4.37. The molecule has 0 saturated carbocycles. The molecule has 14 heavy (non-hydrogen) atoms. The molecule has 0 amide bonds. The van der Waals surface area contributed by atoms with Gasteiger partial charge >= 0.3 is 0 Å². The van der Waals surface area contributed by atoms with Crippen LogP contribution in [0.1, 0.15) is 58.8 Å². The van der Waals surface area contributed by atoms with E-state index < -0.39 is 0 Å². The van der Waals surface area contributed by atoms with Crippen molar-refractivity contribution in [2.24, 2.45) is 5.92 Å². The lowest BCUT2D eigenvalue weighted by Gasteiger charge is -1.99. The molecule has 0 bridgehead atoms. The van der Waals surface area contributed by atoms with Crippen LogP contribution in [0, 0.1) is 5.92 Å². The van der Waals surface area contributed by atoms with E-state index in [0.29, 0.717) is 6.61 Å². The summed E-state index contributed by atoms with van der Waals surface area (Å²) in [5.74, 6) is 0.823. The van der Waals surface area contributed by atoms with Crippen LogP contribution in [-0.4, -0.2) is 11.7 Å². The number of aliphatic hydroxyl groups excluding tert-OH is 1. The second kappa shape index (κ2) is 10.8. The maximum Gasteiger partial charge on any atom is 0.0431 e. The zero-order chi connectivity index (χ0) is 10.6. The maximum atomic E-state index is 8.58. The van der Waals surface area contributed by atoms with E-state index in [4.69, 9.17) is 5.11 Å². The molecule has 0 atom stereocenters. The Morgan fingerprint density at radius 3 is 2.21 bits per heavy atom. The van der Waals surface area contributed by atoms with Gasteiger partial charge in [-0.3, -0.25) is 0 Å². The highest BCUT2D eigenvalue weighted by Gasteiger charge is 1.90. The average Bonchev–Trinajstić information content (AvgIpc) is 2.15. The van der Waals surface area contributed by atoms with Gasteiger partial charge in [0.05, 0.1) is 0 Å². The normalized spacial score (nSPS) is 11.7. The molecule has 1 nitrogen and oxygen atoms in total. The third-order valence-corrected chi connectivity index (χ3v) is 2.36. The maximum absolute atomic E-state index is 8.58. The van der Waals surface area contributed by atoms with Gasteiger partial charge in [-0.1, -0.05) is 38.8 Å². The Hall–Kier alpha value is -0.300. The molecule has 0 rings (SSSR count). The minimum absolute atomic E-state index is 0.351. The SMILES string of the molecule is CC(C)CC/C=C\CCCCCCO. The van der Waals surface area contributed by atoms with Gasteiger partial charge in [0.25, 0.3) is 0 Å². The third kappa shape index (κ3) is 11.7. The molecule has 1 heteroatoms. The molecule has 0 aliphatic rings. The Kier molecular flexibility index (Phi) is 10.5. The largest absolute Gasteiger partial charge is 0.396 e. The number of aliphatic hydroxyl groups is 1. The van der Waals surface area contributed by atoms with E-state index in [-0.39, 0.29) is 0 Å². The first-order valence-corrected chi connectivity index (χ1v) is 6.03. The lowest BCUT2D eigenvalue weighted by Crippen LogP contribution is -1.84. The molecule has 84 valence electrons. The summed E-state index contributed by atoms with van der Waals surface area (Å²) in [7, 11) is 0. The Morgan fingerprint density at radius 2 is 1.57 bits per heavy atom. The predicted octanol–water partition coefficient (Wildman–Crippen LogP) is 3.92. The first-order valence-electron chi connectivity index (χ1n) is 6.03. The molecular weight excluding hydrogens is 172 g/mol. The van der Waals surface area contributed by atoms with Crippen molar-refractivity contribution in [1.29, 1.82) is 0 Å². The standard InChI is InChI=1S/C13H26O/c1-13(2)11-9-7-5-3-4-6-8-10-12-14/h5,7,13-14H,3-4,6,8-12H2,1-2H3/b7-5-. The van der Waals surface area contributed by atoms with Crippen LogP contribution < -0.4 is 0 Å². The molecule has 0 aromatic carbocycles. The van der Waals surface area contributed by atoms with Gasteiger partial charge in [-0.2, -0.15) is 0 Å². The Balaban J connectivity index is 3.03. The van der Waals surface area contributed by atoms with Crippen molar-refractivity contribution in [2.75, 3.05) is 6.61 Å². The number of unbranched alkanes of at least 4 members (excludes halogenated alkanes) is 4. The Morgan fingerprint density at radius 1 is 0.929 bits per heavy atom. The van der Waals surface area contributed by atoms with Gasteiger partial charge in [0.15, 0.2) is 0 Å². The van der Waals surface area contributed by atoms with E-state index in [1.54, 1.807) is 0 Å². The highest BCUT2D eigenvalue weighted by Crippen LogP contribution is 2.06. The van der Waals surface area contributed by atoms with Gasteiger partial charge in [-0.25, -0.2) is 0 Å². The van der Waals surface area contributed by atoms with Crippen LogP contribution in [0.5, 0.6) is 0 Å². The van der Waals surface area contributed by atoms with Crippen molar-refractivity contribution < 1.29 is 5.11 Å². The van der Waals surface area contributed by atoms with Crippen molar-refractivity contribution in [3.63, 3.8) is 0 Å². The fraction of sp³-hybridized carbons (Fsp3) is 0.846. The summed E-state index contributed by atoms with van der Waals surface area (Å²) < 4.78 is 0. The molecule has 0 aromatic rings. The molecule has 0 radical (unpaired) electrons. The summed E-state index contributed by atoms with van der Waals surface area (Å²) in [6.45, 7) is 4.88. The van der Waals surface area contributed by atoms with E-state index in [0.717, 1.165) is 12.3 Å². The fourth-order valence-corrected chi connectivity index (χ4v) is 1.39. The topological polar surface area (TPSA) is 20.2 Å². The van der Waals surface area contributed by atoms with Crippen LogP contribution in [0.4, 0.5) is 0 Å². The number of rotatable bonds is 9. The van der Waals surface area contributed by atoms with E-state index in [9.17, 15) is 0 Å². The van der Waals surface area contributed by atoms with Crippen molar-refractivity contribution in [1.82, 2.24) is 0 Å². The van der Waals surface area contributed by atoms with Gasteiger partial charge in [0.1, 0.15) is 0 Å². The van der Waals surface area contributed by atoms with Crippen LogP contribution in [0.15, 0.2) is 12.2 Å². The lowest BCUT2D eigenvalue weighted by molar-refractivity contribution is 0.282. The number of hydrogen-bond acceptors (Lipinski definition) is 1. The Bertz CT molecular complexity index is 127. The summed E-state index contributed by atoms with van der Waals surface area (Å²) >= 11 is 0. The van der Waals surface area contributed by atoms with Gasteiger partial charge in [-0.05, 0) is 38.0 Å². The average molecular weight is 198 g/mol. The molecule has 0 aromatic heterocycles. The summed E-state index contributed by atoms with van der Waals surface area (Å²) in [5.41, 5.74) is 0. The second-order valence-corrected chi connectivity index (χ2v) is 4.37. The molecule has 0 heterocycles. The smallest absolute Gasteiger partial charge is 0.0431 e. The monoisotopic (exact) mass is 198 g/mol. The van der Waals surface area contributed by atoms with Gasteiger partial charge < -0.3 is 5.11 Å². The minimum Gasteiger partial charge on any atom is -0.396 e. The predicted molar refractivity (Wildman–Crippen MR) is 63.4 cm³/mol. The molecule has 1 N–H and O–H groups in total. The van der Waals surface area contributed by atoms with E-state index in [1.807, 2.05) is 0 Å². The highest BCUT2D eigenvalue weighted by atomic mass is 16.2. The molecular formula is C13H26O. The van der Waals surface area contributed by atoms with Gasteiger partial charge in [-0.15, -0.1) is 0 Å². The quantitative estimate of drug-likeness (QED) is 0.440. The van der Waals surface area contributed by atoms with Crippen molar-refractivity contribution in [3.05, 3.63) is 12.2 Å². The third-order valence-electron chi connectivity index (χ3n) is 2.36. The molecule has 0 fully saturated rings. The summed E-state index contributed by atoms with van der Waals surface area (Å²) in [6, 6.07) is 0. The molecule has 0 aliphatic carbocycles. The number of hydrogen-bond donors (Lipinski definition) is 1. The van der Waals surface area contributed by atoms with E-state index in [1.165, 1.54) is 38.5 Å². The minimum atomic E-state index is 0.351. The van der Waals surface area contributed by atoms with Gasteiger partial charge in [0, 0.05) is 6.61 Å². The first-order chi connectivity index (χ1) is 6.77. The summed E-state index contributed by atoms with van der Waals surface area (Å²) in [4.78, 5) is 0. The van der Waals surface area contributed by atoms with Crippen LogP contribution in [0.2, 0.25) is 0 Å². The number of allylic oxidation sites excluding steroid dienone is 2. The molecule has 0 unspecified atom stereocenters. The van der Waals surface area contributed by atoms with Crippen LogP contribution in [0.3, 0.4) is 0 Å². The summed E-state index contributed by atoms with van der Waals surface area (Å²) in [5, 5.41) is 8.58. The first kappa shape index (κ1) is 13.7. The van der Waals surface area contributed by atoms with E-state index in [2.05, 4.69) is 26.0 Å².